The lowest BCUT2D eigenvalue weighted by Gasteiger charge is -2.34. The number of Topliss-reactive ketones (excluding diaryl/α,β-unsaturated/α-hetero) is 1. The monoisotopic (exact) mass is 509 g/mol. The third kappa shape index (κ3) is 6.77. The molecule has 0 aromatic carbocycles. The molecule has 0 spiro atoms. The number of carbonyl (C=O) groups is 2. The maximum atomic E-state index is 13.2. The molecule has 0 saturated carbocycles. The van der Waals surface area contributed by atoms with Gasteiger partial charge in [0.1, 0.15) is 16.9 Å². The molecule has 2 aliphatic rings. The van der Waals surface area contributed by atoms with Gasteiger partial charge < -0.3 is 24.8 Å². The number of aromatic nitrogens is 1. The van der Waals surface area contributed by atoms with Crippen LogP contribution in [0.1, 0.15) is 77.4 Å². The Morgan fingerprint density at radius 3 is 2.60 bits per heavy atom. The minimum Gasteiger partial charge on any atom is -0.458 e. The van der Waals surface area contributed by atoms with Gasteiger partial charge in [0, 0.05) is 17.7 Å². The van der Waals surface area contributed by atoms with Crippen molar-refractivity contribution in [1.82, 2.24) is 4.98 Å². The molecule has 8 nitrogen and oxygen atoms in total. The van der Waals surface area contributed by atoms with E-state index in [4.69, 9.17) is 9.47 Å². The number of hydrogen-bond donors (Lipinski definition) is 3. The van der Waals surface area contributed by atoms with E-state index in [-0.39, 0.29) is 36.4 Å². The fourth-order valence-electron chi connectivity index (χ4n) is 4.84. The van der Waals surface area contributed by atoms with Crippen molar-refractivity contribution in [3.8, 4) is 0 Å². The number of fused-ring (bicyclic) bond motifs is 1. The molecule has 1 aromatic rings. The maximum absolute atomic E-state index is 13.2. The molecule has 0 aliphatic carbocycles. The van der Waals surface area contributed by atoms with E-state index in [0.29, 0.717) is 17.1 Å². The highest BCUT2D eigenvalue weighted by Crippen LogP contribution is 2.44. The molecule has 0 amide bonds. The number of aliphatic hydroxyl groups is 3. The lowest BCUT2D eigenvalue weighted by atomic mass is 9.73. The number of thiazole rings is 1. The predicted molar refractivity (Wildman–Crippen MR) is 132 cm³/mol. The molecule has 2 fully saturated rings. The first-order chi connectivity index (χ1) is 16.4. The van der Waals surface area contributed by atoms with Crippen molar-refractivity contribution in [1.29, 1.82) is 0 Å². The standard InChI is InChI=1S/C26H39NO7S/c1-15-7-6-10-26(5)20(34-26)11-18(9-8-17-14-35-21(13-28)27-17)33-22(30)12-19(29)25(3,4)24(32)16(2)23(15)31/h8-9,14-16,18-20,23,28-29,31H,6-7,10-13H2,1-5H3/t15-,16?,18+,19-,20-,23-,26+/m0/s1. The van der Waals surface area contributed by atoms with E-state index in [1.54, 1.807) is 32.9 Å². The Balaban J connectivity index is 1.80. The lowest BCUT2D eigenvalue weighted by Crippen LogP contribution is -2.45. The smallest absolute Gasteiger partial charge is 0.309 e. The summed E-state index contributed by atoms with van der Waals surface area (Å²) in [6.45, 7) is 8.73. The third-order valence-corrected chi connectivity index (χ3v) is 8.47. The minimum atomic E-state index is -1.25. The Morgan fingerprint density at radius 1 is 1.23 bits per heavy atom. The summed E-state index contributed by atoms with van der Waals surface area (Å²) in [5, 5.41) is 33.2. The number of ketones is 1. The van der Waals surface area contributed by atoms with Gasteiger partial charge in [0.15, 0.2) is 0 Å². The SMILES string of the molecule is CC1C(=O)C(C)(C)[C@@H](O)CC(=O)O[C@H](C=Cc2csc(CO)n2)C[C@@H]2O[C@]2(C)CCC[C@H](C)[C@@H]1O. The highest BCUT2D eigenvalue weighted by atomic mass is 32.1. The van der Waals surface area contributed by atoms with Crippen molar-refractivity contribution in [2.45, 2.75) is 103 Å². The van der Waals surface area contributed by atoms with E-state index in [1.807, 2.05) is 19.2 Å². The molecule has 9 heteroatoms. The number of epoxide rings is 1. The Kier molecular flexibility index (Phi) is 8.91. The molecule has 2 aliphatic heterocycles. The van der Waals surface area contributed by atoms with Crippen molar-refractivity contribution in [3.63, 3.8) is 0 Å². The van der Waals surface area contributed by atoms with Crippen molar-refractivity contribution in [3.05, 3.63) is 22.2 Å². The Morgan fingerprint density at radius 2 is 1.94 bits per heavy atom. The van der Waals surface area contributed by atoms with Gasteiger partial charge in [-0.05, 0) is 37.8 Å². The number of aliphatic hydroxyl groups excluding tert-OH is 3. The van der Waals surface area contributed by atoms with Gasteiger partial charge in [0.2, 0.25) is 0 Å². The summed E-state index contributed by atoms with van der Waals surface area (Å²) in [5.74, 6) is -1.64. The average molecular weight is 510 g/mol. The minimum absolute atomic E-state index is 0.0802. The second kappa shape index (κ2) is 11.2. The summed E-state index contributed by atoms with van der Waals surface area (Å²) in [6.07, 6.45) is 3.27. The second-order valence-corrected chi connectivity index (χ2v) is 11.8. The van der Waals surface area contributed by atoms with E-state index < -0.39 is 35.6 Å². The van der Waals surface area contributed by atoms with Crippen LogP contribution in [0.3, 0.4) is 0 Å². The van der Waals surface area contributed by atoms with Gasteiger partial charge >= 0.3 is 5.97 Å². The molecule has 0 radical (unpaired) electrons. The van der Waals surface area contributed by atoms with Gasteiger partial charge in [0.05, 0.1) is 48.0 Å². The zero-order valence-electron chi connectivity index (χ0n) is 21.3. The number of esters is 1. The highest BCUT2D eigenvalue weighted by Gasteiger charge is 2.52. The summed E-state index contributed by atoms with van der Waals surface area (Å²) in [4.78, 5) is 30.2. The maximum Gasteiger partial charge on any atom is 0.309 e. The number of ether oxygens (including phenoxy) is 2. The quantitative estimate of drug-likeness (QED) is 0.418. The van der Waals surface area contributed by atoms with E-state index in [9.17, 15) is 24.9 Å². The first-order valence-electron chi connectivity index (χ1n) is 12.4. The van der Waals surface area contributed by atoms with Gasteiger partial charge in [-0.2, -0.15) is 0 Å². The molecule has 0 bridgehead atoms. The summed E-state index contributed by atoms with van der Waals surface area (Å²) < 4.78 is 11.7. The molecular formula is C26H39NO7S. The van der Waals surface area contributed by atoms with Crippen LogP contribution in [0, 0.1) is 17.3 Å². The Hall–Kier alpha value is -1.65. The number of nitrogens with zero attached hydrogens (tertiary/aromatic N) is 1. The zero-order valence-corrected chi connectivity index (χ0v) is 22.1. The van der Waals surface area contributed by atoms with Gasteiger partial charge in [-0.1, -0.05) is 34.1 Å². The largest absolute Gasteiger partial charge is 0.458 e. The van der Waals surface area contributed by atoms with E-state index in [2.05, 4.69) is 4.98 Å². The van der Waals surface area contributed by atoms with Crippen LogP contribution in [0.15, 0.2) is 11.5 Å². The Labute approximate surface area is 211 Å². The predicted octanol–water partition coefficient (Wildman–Crippen LogP) is 3.27. The third-order valence-electron chi connectivity index (χ3n) is 7.62. The molecule has 3 heterocycles. The van der Waals surface area contributed by atoms with E-state index in [0.717, 1.165) is 19.3 Å². The number of rotatable bonds is 3. The summed E-state index contributed by atoms with van der Waals surface area (Å²) >= 11 is 1.34. The number of hydrogen-bond acceptors (Lipinski definition) is 9. The Bertz CT molecular complexity index is 929. The highest BCUT2D eigenvalue weighted by molar-refractivity contribution is 7.09. The first kappa shape index (κ1) is 27.9. The summed E-state index contributed by atoms with van der Waals surface area (Å²) in [6, 6.07) is 0. The van der Waals surface area contributed by atoms with Crippen LogP contribution in [0.4, 0.5) is 0 Å². The van der Waals surface area contributed by atoms with Gasteiger partial charge in [-0.3, -0.25) is 9.59 Å². The lowest BCUT2D eigenvalue weighted by molar-refractivity contribution is -0.154. The molecule has 7 atom stereocenters. The molecule has 3 rings (SSSR count). The molecule has 2 saturated heterocycles. The van der Waals surface area contributed by atoms with Crippen LogP contribution in [-0.2, 0) is 25.7 Å². The van der Waals surface area contributed by atoms with Crippen LogP contribution in [0.2, 0.25) is 0 Å². The summed E-state index contributed by atoms with van der Waals surface area (Å²) in [7, 11) is 0. The van der Waals surface area contributed by atoms with Gasteiger partial charge in [-0.25, -0.2) is 4.98 Å². The zero-order chi connectivity index (χ0) is 26.0. The molecule has 35 heavy (non-hydrogen) atoms. The molecule has 3 N–H and O–H groups in total. The van der Waals surface area contributed by atoms with Crippen molar-refractivity contribution in [2.24, 2.45) is 17.3 Å². The van der Waals surface area contributed by atoms with Gasteiger partial charge in [-0.15, -0.1) is 11.3 Å². The molecule has 1 aromatic heterocycles. The normalized spacial score (nSPS) is 37.1. The van der Waals surface area contributed by atoms with Crippen LogP contribution >= 0.6 is 11.3 Å². The van der Waals surface area contributed by atoms with Crippen molar-refractivity contribution in [2.75, 3.05) is 0 Å². The van der Waals surface area contributed by atoms with Crippen molar-refractivity contribution < 1.29 is 34.4 Å². The van der Waals surface area contributed by atoms with E-state index >= 15 is 0 Å². The topological polar surface area (TPSA) is 129 Å². The van der Waals surface area contributed by atoms with Crippen LogP contribution in [0.5, 0.6) is 0 Å². The second-order valence-electron chi connectivity index (χ2n) is 10.8. The fourth-order valence-corrected chi connectivity index (χ4v) is 5.46. The van der Waals surface area contributed by atoms with Crippen LogP contribution < -0.4 is 0 Å². The molecular weight excluding hydrogens is 470 g/mol. The van der Waals surface area contributed by atoms with Crippen LogP contribution in [-0.4, -0.2) is 62.1 Å². The van der Waals surface area contributed by atoms with Crippen LogP contribution in [0.25, 0.3) is 6.08 Å². The van der Waals surface area contributed by atoms with Crippen molar-refractivity contribution >= 4 is 29.2 Å². The van der Waals surface area contributed by atoms with E-state index in [1.165, 1.54) is 11.3 Å². The number of carbonyl (C=O) groups excluding carboxylic acids is 2. The first-order valence-corrected chi connectivity index (χ1v) is 13.3. The van der Waals surface area contributed by atoms with Gasteiger partial charge in [0.25, 0.3) is 0 Å². The average Bonchev–Trinajstić information content (AvgIpc) is 3.20. The number of cyclic esters (lactones) is 1. The summed E-state index contributed by atoms with van der Waals surface area (Å²) in [5.41, 5.74) is -0.885. The molecule has 1 unspecified atom stereocenters. The fraction of sp³-hybridized carbons (Fsp3) is 0.731. The molecule has 196 valence electrons.